The fourth-order valence-corrected chi connectivity index (χ4v) is 2.78. The first-order chi connectivity index (χ1) is 9.74. The highest BCUT2D eigenvalue weighted by atomic mass is 15.3. The van der Waals surface area contributed by atoms with Gasteiger partial charge in [-0.1, -0.05) is 18.2 Å². The van der Waals surface area contributed by atoms with Crippen molar-refractivity contribution in [2.45, 2.75) is 13.8 Å². The van der Waals surface area contributed by atoms with E-state index < -0.39 is 0 Å². The molecule has 2 heterocycles. The zero-order valence-corrected chi connectivity index (χ0v) is 12.2. The Morgan fingerprint density at radius 2 is 1.65 bits per heavy atom. The molecule has 0 radical (unpaired) electrons. The lowest BCUT2D eigenvalue weighted by molar-refractivity contribution is 0.646. The van der Waals surface area contributed by atoms with Gasteiger partial charge in [0.25, 0.3) is 0 Å². The second-order valence-electron chi connectivity index (χ2n) is 5.45. The monoisotopic (exact) mass is 267 g/mol. The van der Waals surface area contributed by atoms with Crippen LogP contribution in [-0.2, 0) is 0 Å². The van der Waals surface area contributed by atoms with Crippen molar-refractivity contribution in [3.63, 3.8) is 0 Å². The molecule has 1 aromatic carbocycles. The maximum absolute atomic E-state index is 4.44. The number of hydrogen-bond acceptors (Lipinski definition) is 3. The van der Waals surface area contributed by atoms with Gasteiger partial charge in [0.2, 0.25) is 0 Å². The summed E-state index contributed by atoms with van der Waals surface area (Å²) in [6.07, 6.45) is 1.87. The van der Waals surface area contributed by atoms with E-state index in [-0.39, 0.29) is 0 Å². The molecule has 1 saturated heterocycles. The number of aromatic nitrogens is 1. The van der Waals surface area contributed by atoms with Crippen molar-refractivity contribution in [3.05, 3.63) is 53.7 Å². The van der Waals surface area contributed by atoms with Crippen molar-refractivity contribution in [1.82, 2.24) is 4.98 Å². The van der Waals surface area contributed by atoms with E-state index in [0.717, 1.165) is 32.0 Å². The maximum Gasteiger partial charge on any atom is 0.128 e. The molecule has 0 bridgehead atoms. The molecular weight excluding hydrogens is 246 g/mol. The smallest absolute Gasteiger partial charge is 0.128 e. The topological polar surface area (TPSA) is 19.4 Å². The molecule has 104 valence electrons. The highest BCUT2D eigenvalue weighted by Crippen LogP contribution is 2.23. The minimum atomic E-state index is 1.03. The Hall–Kier alpha value is -2.03. The van der Waals surface area contributed by atoms with Crippen molar-refractivity contribution >= 4 is 11.5 Å². The van der Waals surface area contributed by atoms with Crippen LogP contribution in [0.5, 0.6) is 0 Å². The van der Waals surface area contributed by atoms with Gasteiger partial charge in [0.1, 0.15) is 5.82 Å². The molecule has 1 aliphatic heterocycles. The third-order valence-corrected chi connectivity index (χ3v) is 3.96. The fraction of sp³-hybridized carbons (Fsp3) is 0.353. The lowest BCUT2D eigenvalue weighted by Gasteiger charge is -2.37. The number of piperazine rings is 1. The largest absolute Gasteiger partial charge is 0.368 e. The summed E-state index contributed by atoms with van der Waals surface area (Å²) < 4.78 is 0. The van der Waals surface area contributed by atoms with E-state index in [9.17, 15) is 0 Å². The number of pyridine rings is 1. The van der Waals surface area contributed by atoms with Crippen LogP contribution >= 0.6 is 0 Å². The van der Waals surface area contributed by atoms with Crippen LogP contribution in [0.2, 0.25) is 0 Å². The molecule has 20 heavy (non-hydrogen) atoms. The molecule has 0 amide bonds. The van der Waals surface area contributed by atoms with Gasteiger partial charge in [-0.05, 0) is 43.2 Å². The van der Waals surface area contributed by atoms with E-state index in [4.69, 9.17) is 0 Å². The zero-order valence-electron chi connectivity index (χ0n) is 12.2. The highest BCUT2D eigenvalue weighted by molar-refractivity contribution is 5.56. The first-order valence-electron chi connectivity index (χ1n) is 7.22. The number of aryl methyl sites for hydroxylation is 2. The van der Waals surface area contributed by atoms with Gasteiger partial charge in [0.15, 0.2) is 0 Å². The summed E-state index contributed by atoms with van der Waals surface area (Å²) in [6, 6.07) is 12.8. The minimum absolute atomic E-state index is 1.03. The Morgan fingerprint density at radius 1 is 0.900 bits per heavy atom. The summed E-state index contributed by atoms with van der Waals surface area (Å²) in [5, 5.41) is 0. The van der Waals surface area contributed by atoms with Crippen molar-refractivity contribution < 1.29 is 0 Å². The van der Waals surface area contributed by atoms with Gasteiger partial charge in [-0.15, -0.1) is 0 Å². The van der Waals surface area contributed by atoms with Gasteiger partial charge in [-0.25, -0.2) is 4.98 Å². The van der Waals surface area contributed by atoms with Crippen LogP contribution < -0.4 is 9.80 Å². The standard InChI is InChI=1S/C17H21N3/c1-14-6-7-15(2)16(13-14)19-9-11-20(12-10-19)17-5-3-4-8-18-17/h3-8,13H,9-12H2,1-2H3. The van der Waals surface area contributed by atoms with E-state index in [2.05, 4.69) is 59.0 Å². The van der Waals surface area contributed by atoms with Crippen molar-refractivity contribution in [1.29, 1.82) is 0 Å². The minimum Gasteiger partial charge on any atom is -0.368 e. The lowest BCUT2D eigenvalue weighted by Crippen LogP contribution is -2.47. The first kappa shape index (κ1) is 13.0. The highest BCUT2D eigenvalue weighted by Gasteiger charge is 2.19. The Bertz CT molecular complexity index is 572. The Labute approximate surface area is 120 Å². The third-order valence-electron chi connectivity index (χ3n) is 3.96. The molecule has 0 N–H and O–H groups in total. The Kier molecular flexibility index (Phi) is 3.59. The summed E-state index contributed by atoms with van der Waals surface area (Å²) in [7, 11) is 0. The number of benzene rings is 1. The van der Waals surface area contributed by atoms with Crippen LogP contribution in [0.1, 0.15) is 11.1 Å². The third kappa shape index (κ3) is 2.62. The number of hydrogen-bond donors (Lipinski definition) is 0. The SMILES string of the molecule is Cc1ccc(C)c(N2CCN(c3ccccn3)CC2)c1. The number of rotatable bonds is 2. The molecule has 0 saturated carbocycles. The van der Waals surface area contributed by atoms with E-state index in [1.807, 2.05) is 12.3 Å². The van der Waals surface area contributed by atoms with Gasteiger partial charge in [0.05, 0.1) is 0 Å². The van der Waals surface area contributed by atoms with Gasteiger partial charge in [-0.3, -0.25) is 0 Å². The van der Waals surface area contributed by atoms with E-state index in [1.165, 1.54) is 16.8 Å². The second-order valence-corrected chi connectivity index (χ2v) is 5.45. The fourth-order valence-electron chi connectivity index (χ4n) is 2.78. The van der Waals surface area contributed by atoms with Crippen LogP contribution in [0.25, 0.3) is 0 Å². The molecule has 1 aromatic heterocycles. The van der Waals surface area contributed by atoms with Gasteiger partial charge < -0.3 is 9.80 Å². The molecule has 0 unspecified atom stereocenters. The van der Waals surface area contributed by atoms with Crippen LogP contribution in [0.4, 0.5) is 11.5 Å². The van der Waals surface area contributed by atoms with Crippen molar-refractivity contribution in [2.75, 3.05) is 36.0 Å². The molecule has 0 aliphatic carbocycles. The van der Waals surface area contributed by atoms with Crippen LogP contribution in [0.3, 0.4) is 0 Å². The Balaban J connectivity index is 1.71. The second kappa shape index (κ2) is 5.53. The summed E-state index contributed by atoms with van der Waals surface area (Å²) in [5.41, 5.74) is 4.07. The van der Waals surface area contributed by atoms with Gasteiger partial charge >= 0.3 is 0 Å². The van der Waals surface area contributed by atoms with Crippen molar-refractivity contribution in [2.24, 2.45) is 0 Å². The lowest BCUT2D eigenvalue weighted by atomic mass is 10.1. The molecule has 0 spiro atoms. The van der Waals surface area contributed by atoms with Crippen LogP contribution in [-0.4, -0.2) is 31.2 Å². The maximum atomic E-state index is 4.44. The van der Waals surface area contributed by atoms with Gasteiger partial charge in [0, 0.05) is 38.1 Å². The zero-order chi connectivity index (χ0) is 13.9. The molecule has 3 rings (SSSR count). The number of anilines is 2. The van der Waals surface area contributed by atoms with Crippen LogP contribution in [0, 0.1) is 13.8 Å². The molecule has 3 nitrogen and oxygen atoms in total. The van der Waals surface area contributed by atoms with E-state index >= 15 is 0 Å². The normalized spacial score (nSPS) is 15.5. The molecule has 3 heteroatoms. The predicted molar refractivity (Wildman–Crippen MR) is 84.6 cm³/mol. The molecule has 2 aromatic rings. The van der Waals surface area contributed by atoms with Gasteiger partial charge in [-0.2, -0.15) is 0 Å². The molecule has 1 aliphatic rings. The summed E-state index contributed by atoms with van der Waals surface area (Å²) in [4.78, 5) is 9.29. The van der Waals surface area contributed by atoms with Crippen LogP contribution in [0.15, 0.2) is 42.6 Å². The summed E-state index contributed by atoms with van der Waals surface area (Å²) >= 11 is 0. The summed E-state index contributed by atoms with van der Waals surface area (Å²) in [5.74, 6) is 1.09. The van der Waals surface area contributed by atoms with Crippen molar-refractivity contribution in [3.8, 4) is 0 Å². The summed E-state index contributed by atoms with van der Waals surface area (Å²) in [6.45, 7) is 8.53. The quantitative estimate of drug-likeness (QED) is 0.834. The predicted octanol–water partition coefficient (Wildman–Crippen LogP) is 3.03. The number of nitrogens with zero attached hydrogens (tertiary/aromatic N) is 3. The molecular formula is C17H21N3. The average molecular weight is 267 g/mol. The molecule has 0 atom stereocenters. The Morgan fingerprint density at radius 3 is 2.35 bits per heavy atom. The van der Waals surface area contributed by atoms with E-state index in [1.54, 1.807) is 0 Å². The average Bonchev–Trinajstić information content (AvgIpc) is 2.51. The molecule has 1 fully saturated rings. The first-order valence-corrected chi connectivity index (χ1v) is 7.22. The van der Waals surface area contributed by atoms with E-state index in [0.29, 0.717) is 0 Å².